The highest BCUT2D eigenvalue weighted by Gasteiger charge is 2.23. The Hall–Kier alpha value is -1.74. The van der Waals surface area contributed by atoms with Gasteiger partial charge in [0.05, 0.1) is 11.9 Å². The summed E-state index contributed by atoms with van der Waals surface area (Å²) in [6.45, 7) is 2.13. The molecule has 0 amide bonds. The van der Waals surface area contributed by atoms with E-state index >= 15 is 0 Å². The summed E-state index contributed by atoms with van der Waals surface area (Å²) in [5.74, 6) is -0.281. The average molecular weight is 270 g/mol. The monoisotopic (exact) mass is 270 g/mol. The van der Waals surface area contributed by atoms with Crippen LogP contribution in [0.15, 0.2) is 42.6 Å². The van der Waals surface area contributed by atoms with Crippen LogP contribution in [0, 0.1) is 5.82 Å². The highest BCUT2D eigenvalue weighted by molar-refractivity contribution is 5.33. The highest BCUT2D eigenvalue weighted by Crippen LogP contribution is 2.24. The molecule has 2 aromatic rings. The van der Waals surface area contributed by atoms with Crippen LogP contribution in [-0.4, -0.2) is 11.0 Å². The van der Waals surface area contributed by atoms with Crippen molar-refractivity contribution < 1.29 is 4.39 Å². The van der Waals surface area contributed by atoms with Gasteiger partial charge in [0, 0.05) is 12.1 Å². The molecule has 0 bridgehead atoms. The van der Waals surface area contributed by atoms with E-state index in [1.165, 1.54) is 23.4 Å². The van der Waals surface area contributed by atoms with Gasteiger partial charge in [-0.2, -0.15) is 0 Å². The van der Waals surface area contributed by atoms with Crippen molar-refractivity contribution in [2.75, 3.05) is 0 Å². The zero-order chi connectivity index (χ0) is 13.9. The van der Waals surface area contributed by atoms with Crippen LogP contribution in [0.1, 0.15) is 36.2 Å². The number of fused-ring (bicyclic) bond motifs is 1. The van der Waals surface area contributed by atoms with E-state index in [2.05, 4.69) is 41.5 Å². The van der Waals surface area contributed by atoms with Crippen LogP contribution in [0.5, 0.6) is 0 Å². The van der Waals surface area contributed by atoms with Crippen LogP contribution >= 0.6 is 0 Å². The first kappa shape index (κ1) is 13.3. The van der Waals surface area contributed by atoms with Gasteiger partial charge in [-0.15, -0.1) is 0 Å². The Kier molecular flexibility index (Phi) is 3.79. The summed E-state index contributed by atoms with van der Waals surface area (Å²) in [4.78, 5) is 4.20. The smallest absolute Gasteiger partial charge is 0.141 e. The fraction of sp³-hybridized carbons (Fsp3) is 0.353. The molecule has 3 heteroatoms. The lowest BCUT2D eigenvalue weighted by atomic mass is 10.1. The third kappa shape index (κ3) is 2.73. The summed E-state index contributed by atoms with van der Waals surface area (Å²) in [7, 11) is 0. The summed E-state index contributed by atoms with van der Waals surface area (Å²) in [5, 5.41) is 3.66. The molecule has 1 N–H and O–H groups in total. The molecule has 1 unspecified atom stereocenters. The van der Waals surface area contributed by atoms with Crippen molar-refractivity contribution in [3.8, 4) is 0 Å². The number of nitrogens with one attached hydrogen (secondary N) is 1. The summed E-state index contributed by atoms with van der Waals surface area (Å²) < 4.78 is 13.0. The van der Waals surface area contributed by atoms with Gasteiger partial charge in [-0.1, -0.05) is 31.2 Å². The van der Waals surface area contributed by atoms with Crippen molar-refractivity contribution in [2.24, 2.45) is 0 Å². The van der Waals surface area contributed by atoms with Crippen LogP contribution in [0.4, 0.5) is 4.39 Å². The number of hydrogen-bond acceptors (Lipinski definition) is 2. The van der Waals surface area contributed by atoms with Gasteiger partial charge in [0.1, 0.15) is 5.82 Å². The number of aromatic nitrogens is 1. The van der Waals surface area contributed by atoms with Gasteiger partial charge in [0.2, 0.25) is 0 Å². The molecule has 0 fully saturated rings. The quantitative estimate of drug-likeness (QED) is 0.920. The molecule has 1 heterocycles. The molecule has 0 saturated carbocycles. The van der Waals surface area contributed by atoms with Crippen molar-refractivity contribution in [3.05, 3.63) is 65.2 Å². The SMILES string of the molecule is CCC(NC1Cc2ccccc2C1)c1ccc(F)cn1. The van der Waals surface area contributed by atoms with Gasteiger partial charge in [-0.3, -0.25) is 4.98 Å². The molecule has 1 aliphatic rings. The summed E-state index contributed by atoms with van der Waals surface area (Å²) in [6.07, 6.45) is 4.37. The third-order valence-corrected chi connectivity index (χ3v) is 4.00. The Morgan fingerprint density at radius 1 is 1.20 bits per heavy atom. The lowest BCUT2D eigenvalue weighted by Crippen LogP contribution is -2.33. The van der Waals surface area contributed by atoms with Gasteiger partial charge >= 0.3 is 0 Å². The van der Waals surface area contributed by atoms with Gasteiger partial charge in [0.25, 0.3) is 0 Å². The van der Waals surface area contributed by atoms with E-state index in [-0.39, 0.29) is 11.9 Å². The van der Waals surface area contributed by atoms with E-state index in [1.54, 1.807) is 6.07 Å². The van der Waals surface area contributed by atoms with E-state index in [1.807, 2.05) is 0 Å². The van der Waals surface area contributed by atoms with E-state index in [4.69, 9.17) is 0 Å². The fourth-order valence-electron chi connectivity index (χ4n) is 2.97. The summed E-state index contributed by atoms with van der Waals surface area (Å²) in [6, 6.07) is 12.5. The molecule has 0 aliphatic heterocycles. The lowest BCUT2D eigenvalue weighted by Gasteiger charge is -2.21. The second kappa shape index (κ2) is 5.71. The zero-order valence-corrected chi connectivity index (χ0v) is 11.6. The van der Waals surface area contributed by atoms with Gasteiger partial charge in [-0.25, -0.2) is 4.39 Å². The summed E-state index contributed by atoms with van der Waals surface area (Å²) >= 11 is 0. The standard InChI is InChI=1S/C17H19FN2/c1-2-16(17-8-7-14(18)11-19-17)20-15-9-12-5-3-4-6-13(12)10-15/h3-8,11,15-16,20H,2,9-10H2,1H3. The molecule has 104 valence electrons. The van der Waals surface area contributed by atoms with Crippen molar-refractivity contribution in [3.63, 3.8) is 0 Å². The van der Waals surface area contributed by atoms with Gasteiger partial charge < -0.3 is 5.32 Å². The van der Waals surface area contributed by atoms with Crippen molar-refractivity contribution >= 4 is 0 Å². The minimum absolute atomic E-state index is 0.190. The molecule has 1 aromatic carbocycles. The predicted molar refractivity (Wildman–Crippen MR) is 78.0 cm³/mol. The Labute approximate surface area is 119 Å². The number of nitrogens with zero attached hydrogens (tertiary/aromatic N) is 1. The molecule has 0 radical (unpaired) electrons. The van der Waals surface area contributed by atoms with E-state index in [0.717, 1.165) is 25.0 Å². The summed E-state index contributed by atoms with van der Waals surface area (Å²) in [5.41, 5.74) is 3.80. The van der Waals surface area contributed by atoms with E-state index in [9.17, 15) is 4.39 Å². The van der Waals surface area contributed by atoms with E-state index < -0.39 is 0 Å². The number of hydrogen-bond donors (Lipinski definition) is 1. The Bertz CT molecular complexity index is 555. The van der Waals surface area contributed by atoms with E-state index in [0.29, 0.717) is 6.04 Å². The number of benzene rings is 1. The average Bonchev–Trinajstić information content (AvgIpc) is 2.88. The van der Waals surface area contributed by atoms with Crippen LogP contribution in [-0.2, 0) is 12.8 Å². The first-order chi connectivity index (χ1) is 9.76. The molecule has 2 nitrogen and oxygen atoms in total. The molecular weight excluding hydrogens is 251 g/mol. The molecular formula is C17H19FN2. The molecule has 1 aliphatic carbocycles. The van der Waals surface area contributed by atoms with Crippen LogP contribution < -0.4 is 5.32 Å². The maximum atomic E-state index is 13.0. The number of halogens is 1. The Morgan fingerprint density at radius 2 is 1.90 bits per heavy atom. The second-order valence-corrected chi connectivity index (χ2v) is 5.40. The second-order valence-electron chi connectivity index (χ2n) is 5.40. The molecule has 20 heavy (non-hydrogen) atoms. The topological polar surface area (TPSA) is 24.9 Å². The first-order valence-electron chi connectivity index (χ1n) is 7.20. The maximum absolute atomic E-state index is 13.0. The number of pyridine rings is 1. The van der Waals surface area contributed by atoms with Crippen LogP contribution in [0.3, 0.4) is 0 Å². The largest absolute Gasteiger partial charge is 0.305 e. The highest BCUT2D eigenvalue weighted by atomic mass is 19.1. The molecule has 3 rings (SSSR count). The van der Waals surface area contributed by atoms with Crippen molar-refractivity contribution in [1.82, 2.24) is 10.3 Å². The minimum atomic E-state index is -0.281. The first-order valence-corrected chi connectivity index (χ1v) is 7.20. The Morgan fingerprint density at radius 3 is 2.45 bits per heavy atom. The van der Waals surface area contributed by atoms with Gasteiger partial charge in [0.15, 0.2) is 0 Å². The van der Waals surface area contributed by atoms with Crippen LogP contribution in [0.2, 0.25) is 0 Å². The van der Waals surface area contributed by atoms with Crippen LogP contribution in [0.25, 0.3) is 0 Å². The molecule has 0 saturated heterocycles. The molecule has 1 aromatic heterocycles. The Balaban J connectivity index is 1.69. The van der Waals surface area contributed by atoms with Crippen molar-refractivity contribution in [1.29, 1.82) is 0 Å². The lowest BCUT2D eigenvalue weighted by molar-refractivity contribution is 0.427. The predicted octanol–water partition coefficient (Wildman–Crippen LogP) is 3.43. The fourth-order valence-corrected chi connectivity index (χ4v) is 2.97. The maximum Gasteiger partial charge on any atom is 0.141 e. The third-order valence-electron chi connectivity index (χ3n) is 4.00. The minimum Gasteiger partial charge on any atom is -0.305 e. The number of rotatable bonds is 4. The van der Waals surface area contributed by atoms with Gasteiger partial charge in [-0.05, 0) is 42.5 Å². The zero-order valence-electron chi connectivity index (χ0n) is 11.6. The normalized spacial score (nSPS) is 16.1. The molecule has 0 spiro atoms. The van der Waals surface area contributed by atoms with Crippen molar-refractivity contribution in [2.45, 2.75) is 38.3 Å². The molecule has 1 atom stereocenters.